The number of pyridine rings is 1. The summed E-state index contributed by atoms with van der Waals surface area (Å²) in [6, 6.07) is 9.02. The fraction of sp³-hybridized carbons (Fsp3) is 0.200. The standard InChI is InChI=1S/C15H15ClFN3O/c1-2-8-18-14-5-3-4-12(19-14)15(21)20-13-9-10(16)6-7-11(13)17/h3-7,9H,2,8H2,1H3,(H,18,19)(H,20,21). The van der Waals surface area contributed by atoms with Crippen LogP contribution >= 0.6 is 11.6 Å². The fourth-order valence-corrected chi connectivity index (χ4v) is 1.86. The Labute approximate surface area is 127 Å². The van der Waals surface area contributed by atoms with E-state index >= 15 is 0 Å². The number of hydrogen-bond acceptors (Lipinski definition) is 3. The highest BCUT2D eigenvalue weighted by atomic mass is 35.5. The van der Waals surface area contributed by atoms with Crippen molar-refractivity contribution in [2.24, 2.45) is 0 Å². The molecule has 0 spiro atoms. The minimum absolute atomic E-state index is 0.0289. The highest BCUT2D eigenvalue weighted by Gasteiger charge is 2.11. The first kappa shape index (κ1) is 15.3. The average molecular weight is 308 g/mol. The molecular weight excluding hydrogens is 293 g/mol. The van der Waals surface area contributed by atoms with E-state index < -0.39 is 11.7 Å². The summed E-state index contributed by atoms with van der Waals surface area (Å²) in [4.78, 5) is 16.3. The fourth-order valence-electron chi connectivity index (χ4n) is 1.69. The molecule has 2 rings (SSSR count). The third-order valence-corrected chi connectivity index (χ3v) is 2.95. The van der Waals surface area contributed by atoms with E-state index in [1.54, 1.807) is 18.2 Å². The number of aromatic nitrogens is 1. The molecule has 0 unspecified atom stereocenters. The molecule has 0 fully saturated rings. The smallest absolute Gasteiger partial charge is 0.274 e. The van der Waals surface area contributed by atoms with Crippen molar-refractivity contribution < 1.29 is 9.18 Å². The van der Waals surface area contributed by atoms with Gasteiger partial charge in [-0.2, -0.15) is 0 Å². The van der Waals surface area contributed by atoms with Crippen molar-refractivity contribution in [2.45, 2.75) is 13.3 Å². The number of hydrogen-bond donors (Lipinski definition) is 2. The number of benzene rings is 1. The minimum atomic E-state index is -0.548. The Hall–Kier alpha value is -2.14. The molecule has 21 heavy (non-hydrogen) atoms. The van der Waals surface area contributed by atoms with Crippen molar-refractivity contribution in [3.05, 3.63) is 52.9 Å². The largest absolute Gasteiger partial charge is 0.370 e. The van der Waals surface area contributed by atoms with Gasteiger partial charge in [0, 0.05) is 11.6 Å². The van der Waals surface area contributed by atoms with Gasteiger partial charge in [-0.25, -0.2) is 9.37 Å². The van der Waals surface area contributed by atoms with Crippen LogP contribution in [0.15, 0.2) is 36.4 Å². The Kier molecular flexibility index (Phi) is 5.11. The lowest BCUT2D eigenvalue weighted by Gasteiger charge is -2.08. The van der Waals surface area contributed by atoms with Crippen LogP contribution in [0.5, 0.6) is 0 Å². The number of carbonyl (C=O) groups excluding carboxylic acids is 1. The van der Waals surface area contributed by atoms with Gasteiger partial charge in [-0.3, -0.25) is 4.79 Å². The second-order valence-electron chi connectivity index (χ2n) is 4.41. The van der Waals surface area contributed by atoms with E-state index in [0.717, 1.165) is 13.0 Å². The van der Waals surface area contributed by atoms with Crippen LogP contribution in [-0.2, 0) is 0 Å². The molecule has 2 aromatic rings. The van der Waals surface area contributed by atoms with Crippen molar-refractivity contribution in [2.75, 3.05) is 17.2 Å². The molecule has 0 aliphatic heterocycles. The van der Waals surface area contributed by atoms with Gasteiger partial charge in [0.2, 0.25) is 0 Å². The number of nitrogens with zero attached hydrogens (tertiary/aromatic N) is 1. The van der Waals surface area contributed by atoms with Crippen LogP contribution < -0.4 is 10.6 Å². The summed E-state index contributed by atoms with van der Waals surface area (Å²) < 4.78 is 13.6. The lowest BCUT2D eigenvalue weighted by atomic mass is 10.2. The van der Waals surface area contributed by atoms with E-state index in [1.807, 2.05) is 6.92 Å². The number of rotatable bonds is 5. The molecule has 0 saturated heterocycles. The predicted molar refractivity (Wildman–Crippen MR) is 82.4 cm³/mol. The van der Waals surface area contributed by atoms with Gasteiger partial charge in [-0.05, 0) is 36.8 Å². The molecule has 1 amide bonds. The number of anilines is 2. The normalized spacial score (nSPS) is 10.2. The van der Waals surface area contributed by atoms with Crippen LogP contribution in [0.25, 0.3) is 0 Å². The maximum atomic E-state index is 13.6. The van der Waals surface area contributed by atoms with Gasteiger partial charge in [0.1, 0.15) is 17.3 Å². The molecule has 1 aromatic heterocycles. The Bertz CT molecular complexity index is 649. The number of nitrogens with one attached hydrogen (secondary N) is 2. The monoisotopic (exact) mass is 307 g/mol. The first-order chi connectivity index (χ1) is 10.1. The van der Waals surface area contributed by atoms with E-state index in [9.17, 15) is 9.18 Å². The quantitative estimate of drug-likeness (QED) is 0.879. The SMILES string of the molecule is CCCNc1cccc(C(=O)Nc2cc(Cl)ccc2F)n1. The maximum absolute atomic E-state index is 13.6. The first-order valence-corrected chi connectivity index (χ1v) is 6.95. The molecular formula is C15H15ClFN3O. The van der Waals surface area contributed by atoms with Gasteiger partial charge in [-0.15, -0.1) is 0 Å². The lowest BCUT2D eigenvalue weighted by Crippen LogP contribution is -2.15. The predicted octanol–water partition coefficient (Wildman–Crippen LogP) is 3.95. The second-order valence-corrected chi connectivity index (χ2v) is 4.85. The number of amides is 1. The van der Waals surface area contributed by atoms with Crippen molar-refractivity contribution in [3.8, 4) is 0 Å². The second kappa shape index (κ2) is 7.04. The highest BCUT2D eigenvalue weighted by Crippen LogP contribution is 2.20. The summed E-state index contributed by atoms with van der Waals surface area (Å²) in [6.45, 7) is 2.80. The molecule has 1 aromatic carbocycles. The van der Waals surface area contributed by atoms with Crippen molar-refractivity contribution in [1.29, 1.82) is 0 Å². The molecule has 1 heterocycles. The van der Waals surface area contributed by atoms with E-state index in [2.05, 4.69) is 15.6 Å². The van der Waals surface area contributed by atoms with E-state index in [4.69, 9.17) is 11.6 Å². The van der Waals surface area contributed by atoms with Gasteiger partial charge >= 0.3 is 0 Å². The van der Waals surface area contributed by atoms with Crippen LogP contribution in [0.3, 0.4) is 0 Å². The molecule has 0 aliphatic rings. The zero-order valence-electron chi connectivity index (χ0n) is 11.5. The molecule has 110 valence electrons. The molecule has 6 heteroatoms. The summed E-state index contributed by atoms with van der Waals surface area (Å²) in [7, 11) is 0. The molecule has 0 saturated carbocycles. The van der Waals surface area contributed by atoms with Crippen molar-refractivity contribution in [3.63, 3.8) is 0 Å². The first-order valence-electron chi connectivity index (χ1n) is 6.57. The Morgan fingerprint density at radius 3 is 2.90 bits per heavy atom. The zero-order valence-corrected chi connectivity index (χ0v) is 12.2. The van der Waals surface area contributed by atoms with Crippen LogP contribution in [0.1, 0.15) is 23.8 Å². The maximum Gasteiger partial charge on any atom is 0.274 e. The van der Waals surface area contributed by atoms with Gasteiger partial charge in [0.05, 0.1) is 5.69 Å². The molecule has 0 aliphatic carbocycles. The Morgan fingerprint density at radius 2 is 2.14 bits per heavy atom. The summed E-state index contributed by atoms with van der Waals surface area (Å²) in [6.07, 6.45) is 0.950. The van der Waals surface area contributed by atoms with Crippen LogP contribution in [0.2, 0.25) is 5.02 Å². The van der Waals surface area contributed by atoms with E-state index in [-0.39, 0.29) is 11.4 Å². The molecule has 2 N–H and O–H groups in total. The number of carbonyl (C=O) groups is 1. The topological polar surface area (TPSA) is 54.0 Å². The summed E-state index contributed by atoms with van der Waals surface area (Å²) in [5.74, 6) is -0.430. The van der Waals surface area contributed by atoms with Crippen molar-refractivity contribution in [1.82, 2.24) is 4.98 Å². The van der Waals surface area contributed by atoms with E-state index in [0.29, 0.717) is 10.8 Å². The third-order valence-electron chi connectivity index (χ3n) is 2.71. The third kappa shape index (κ3) is 4.16. The average Bonchev–Trinajstić information content (AvgIpc) is 2.49. The number of halogens is 2. The van der Waals surface area contributed by atoms with Gasteiger partial charge in [-0.1, -0.05) is 24.6 Å². The van der Waals surface area contributed by atoms with Crippen molar-refractivity contribution >= 4 is 29.0 Å². The van der Waals surface area contributed by atoms with Crippen LogP contribution in [0, 0.1) is 5.82 Å². The van der Waals surface area contributed by atoms with Crippen LogP contribution in [-0.4, -0.2) is 17.4 Å². The molecule has 0 bridgehead atoms. The van der Waals surface area contributed by atoms with Gasteiger partial charge < -0.3 is 10.6 Å². The van der Waals surface area contributed by atoms with Gasteiger partial charge in [0.15, 0.2) is 0 Å². The molecule has 0 radical (unpaired) electrons. The molecule has 0 atom stereocenters. The lowest BCUT2D eigenvalue weighted by molar-refractivity contribution is 0.102. The highest BCUT2D eigenvalue weighted by molar-refractivity contribution is 6.31. The Balaban J connectivity index is 2.14. The summed E-state index contributed by atoms with van der Waals surface area (Å²) in [5.41, 5.74) is 0.233. The zero-order chi connectivity index (χ0) is 15.2. The molecule has 4 nitrogen and oxygen atoms in total. The Morgan fingerprint density at radius 1 is 1.33 bits per heavy atom. The van der Waals surface area contributed by atoms with Crippen LogP contribution in [0.4, 0.5) is 15.9 Å². The van der Waals surface area contributed by atoms with E-state index in [1.165, 1.54) is 18.2 Å². The summed E-state index contributed by atoms with van der Waals surface area (Å²) in [5, 5.41) is 5.90. The summed E-state index contributed by atoms with van der Waals surface area (Å²) >= 11 is 5.79. The van der Waals surface area contributed by atoms with Gasteiger partial charge in [0.25, 0.3) is 5.91 Å². The minimum Gasteiger partial charge on any atom is -0.370 e.